The molecule has 0 radical (unpaired) electrons. The number of ketones is 1. The molecule has 0 saturated carbocycles. The van der Waals surface area contributed by atoms with Crippen LogP contribution in [0.4, 0.5) is 5.69 Å². The van der Waals surface area contributed by atoms with Crippen molar-refractivity contribution in [1.82, 2.24) is 0 Å². The van der Waals surface area contributed by atoms with E-state index in [0.717, 1.165) is 0 Å². The first kappa shape index (κ1) is 20.5. The Morgan fingerprint density at radius 3 is 2.44 bits per heavy atom. The third-order valence-electron chi connectivity index (χ3n) is 3.75. The lowest BCUT2D eigenvalue weighted by Gasteiger charge is -2.15. The van der Waals surface area contributed by atoms with Gasteiger partial charge in [0.25, 0.3) is 5.91 Å². The van der Waals surface area contributed by atoms with Gasteiger partial charge in [-0.3, -0.25) is 14.4 Å². The van der Waals surface area contributed by atoms with Crippen LogP contribution in [0.25, 0.3) is 0 Å². The molecule has 0 aromatic heterocycles. The molecule has 0 saturated heterocycles. The highest BCUT2D eigenvalue weighted by Crippen LogP contribution is 2.27. The van der Waals surface area contributed by atoms with Crippen molar-refractivity contribution in [2.24, 2.45) is 0 Å². The zero-order chi connectivity index (χ0) is 19.8. The van der Waals surface area contributed by atoms with Crippen LogP contribution < -0.4 is 10.1 Å². The minimum Gasteiger partial charge on any atom is -0.495 e. The van der Waals surface area contributed by atoms with Crippen LogP contribution in [-0.2, 0) is 14.3 Å². The van der Waals surface area contributed by atoms with Gasteiger partial charge in [0.2, 0.25) is 0 Å². The maximum absolute atomic E-state index is 12.2. The Labute approximate surface area is 162 Å². The number of methoxy groups -OCH3 is 1. The first-order valence-corrected chi connectivity index (χ1v) is 8.70. The minimum absolute atomic E-state index is 0.0132. The normalized spacial score (nSPS) is 11.4. The van der Waals surface area contributed by atoms with Crippen LogP contribution in [0.2, 0.25) is 5.02 Å². The van der Waals surface area contributed by atoms with Crippen molar-refractivity contribution in [3.63, 3.8) is 0 Å². The van der Waals surface area contributed by atoms with Crippen LogP contribution >= 0.6 is 11.6 Å². The predicted octanol–water partition coefficient (Wildman–Crippen LogP) is 3.88. The zero-order valence-corrected chi connectivity index (χ0v) is 15.8. The second-order valence-corrected chi connectivity index (χ2v) is 6.19. The number of benzene rings is 2. The Hall–Kier alpha value is -2.86. The summed E-state index contributed by atoms with van der Waals surface area (Å²) in [5, 5.41) is 3.03. The van der Waals surface area contributed by atoms with Crippen molar-refractivity contribution in [1.29, 1.82) is 0 Å². The summed E-state index contributed by atoms with van der Waals surface area (Å²) >= 11 is 5.92. The van der Waals surface area contributed by atoms with Gasteiger partial charge in [0, 0.05) is 17.0 Å². The van der Waals surface area contributed by atoms with E-state index in [1.54, 1.807) is 42.5 Å². The molecule has 0 aliphatic rings. The molecule has 1 N–H and O–H groups in total. The summed E-state index contributed by atoms with van der Waals surface area (Å²) in [4.78, 5) is 36.2. The lowest BCUT2D eigenvalue weighted by Crippen LogP contribution is -2.30. The van der Waals surface area contributed by atoms with Crippen molar-refractivity contribution in [2.75, 3.05) is 12.4 Å². The average Bonchev–Trinajstić information content (AvgIpc) is 2.67. The molecule has 1 unspecified atom stereocenters. The molecule has 1 amide bonds. The molecular weight excluding hydrogens is 370 g/mol. The van der Waals surface area contributed by atoms with E-state index in [4.69, 9.17) is 21.1 Å². The van der Waals surface area contributed by atoms with Gasteiger partial charge in [-0.2, -0.15) is 0 Å². The topological polar surface area (TPSA) is 81.7 Å². The lowest BCUT2D eigenvalue weighted by molar-refractivity contribution is -0.153. The molecular formula is C20H20ClNO5. The number of anilines is 1. The second-order valence-electron chi connectivity index (χ2n) is 5.76. The standard InChI is InChI=1S/C20H20ClNO5/c1-13(20(25)22-16-12-15(21)8-10-18(16)26-2)27-19(24)11-9-17(23)14-6-4-3-5-7-14/h3-8,10,12-13H,9,11H2,1-2H3,(H,22,25). The summed E-state index contributed by atoms with van der Waals surface area (Å²) in [5.74, 6) is -0.883. The van der Waals surface area contributed by atoms with Crippen LogP contribution in [0.15, 0.2) is 48.5 Å². The molecule has 7 heteroatoms. The first-order valence-electron chi connectivity index (χ1n) is 8.33. The van der Waals surface area contributed by atoms with Crippen LogP contribution in [0.3, 0.4) is 0 Å². The number of Topliss-reactive ketones (excluding diaryl/α,β-unsaturated/α-hetero) is 1. The van der Waals surface area contributed by atoms with E-state index in [9.17, 15) is 14.4 Å². The van der Waals surface area contributed by atoms with Gasteiger partial charge in [-0.25, -0.2) is 0 Å². The molecule has 6 nitrogen and oxygen atoms in total. The van der Waals surface area contributed by atoms with Gasteiger partial charge in [0.15, 0.2) is 11.9 Å². The van der Waals surface area contributed by atoms with E-state index in [-0.39, 0.29) is 18.6 Å². The Morgan fingerprint density at radius 2 is 1.78 bits per heavy atom. The molecule has 0 bridgehead atoms. The van der Waals surface area contributed by atoms with Crippen molar-refractivity contribution >= 4 is 34.9 Å². The zero-order valence-electron chi connectivity index (χ0n) is 15.0. The van der Waals surface area contributed by atoms with Gasteiger partial charge in [-0.15, -0.1) is 0 Å². The Morgan fingerprint density at radius 1 is 1.07 bits per heavy atom. The third kappa shape index (κ3) is 6.11. The molecule has 0 fully saturated rings. The summed E-state index contributed by atoms with van der Waals surface area (Å²) in [6.45, 7) is 1.45. The van der Waals surface area contributed by atoms with E-state index in [1.165, 1.54) is 20.1 Å². The van der Waals surface area contributed by atoms with E-state index < -0.39 is 18.0 Å². The van der Waals surface area contributed by atoms with E-state index in [1.807, 2.05) is 0 Å². The van der Waals surface area contributed by atoms with E-state index in [0.29, 0.717) is 22.0 Å². The Bertz CT molecular complexity index is 822. The number of carbonyl (C=O) groups excluding carboxylic acids is 3. The number of rotatable bonds is 8. The SMILES string of the molecule is COc1ccc(Cl)cc1NC(=O)C(C)OC(=O)CCC(=O)c1ccccc1. The maximum atomic E-state index is 12.2. The predicted molar refractivity (Wildman–Crippen MR) is 102 cm³/mol. The summed E-state index contributed by atoms with van der Waals surface area (Å²) in [5.41, 5.74) is 0.904. The molecule has 2 rings (SSSR count). The van der Waals surface area contributed by atoms with Gasteiger partial charge < -0.3 is 14.8 Å². The summed E-state index contributed by atoms with van der Waals surface area (Å²) in [7, 11) is 1.46. The number of amides is 1. The quantitative estimate of drug-likeness (QED) is 0.547. The first-order chi connectivity index (χ1) is 12.9. The highest BCUT2D eigenvalue weighted by atomic mass is 35.5. The number of carbonyl (C=O) groups is 3. The number of nitrogens with one attached hydrogen (secondary N) is 1. The van der Waals surface area contributed by atoms with Crippen LogP contribution in [0.1, 0.15) is 30.1 Å². The highest BCUT2D eigenvalue weighted by molar-refractivity contribution is 6.31. The van der Waals surface area contributed by atoms with Crippen LogP contribution in [0, 0.1) is 0 Å². The Kier molecular flexibility index (Phi) is 7.37. The van der Waals surface area contributed by atoms with Crippen molar-refractivity contribution in [2.45, 2.75) is 25.9 Å². The van der Waals surface area contributed by atoms with Gasteiger partial charge >= 0.3 is 5.97 Å². The monoisotopic (exact) mass is 389 g/mol. The van der Waals surface area contributed by atoms with E-state index in [2.05, 4.69) is 5.32 Å². The summed E-state index contributed by atoms with van der Waals surface area (Å²) < 4.78 is 10.2. The minimum atomic E-state index is -1.03. The summed E-state index contributed by atoms with van der Waals surface area (Å²) in [6, 6.07) is 13.5. The molecule has 1 atom stereocenters. The van der Waals surface area contributed by atoms with Crippen LogP contribution in [-0.4, -0.2) is 30.9 Å². The number of hydrogen-bond donors (Lipinski definition) is 1. The number of ether oxygens (including phenoxy) is 2. The smallest absolute Gasteiger partial charge is 0.307 e. The van der Waals surface area contributed by atoms with Crippen molar-refractivity contribution in [3.8, 4) is 5.75 Å². The lowest BCUT2D eigenvalue weighted by atomic mass is 10.1. The number of halogens is 1. The fourth-order valence-corrected chi connectivity index (χ4v) is 2.48. The van der Waals surface area contributed by atoms with Crippen LogP contribution in [0.5, 0.6) is 5.75 Å². The molecule has 142 valence electrons. The van der Waals surface area contributed by atoms with Crippen molar-refractivity contribution in [3.05, 3.63) is 59.1 Å². The van der Waals surface area contributed by atoms with Gasteiger partial charge in [-0.1, -0.05) is 41.9 Å². The molecule has 0 spiro atoms. The third-order valence-corrected chi connectivity index (χ3v) is 3.98. The molecule has 2 aromatic carbocycles. The van der Waals surface area contributed by atoms with Crippen molar-refractivity contribution < 1.29 is 23.9 Å². The highest BCUT2D eigenvalue weighted by Gasteiger charge is 2.20. The molecule has 0 aliphatic carbocycles. The van der Waals surface area contributed by atoms with E-state index >= 15 is 0 Å². The number of hydrogen-bond acceptors (Lipinski definition) is 5. The summed E-state index contributed by atoms with van der Waals surface area (Å²) in [6.07, 6.45) is -1.13. The molecule has 2 aromatic rings. The van der Waals surface area contributed by atoms with Gasteiger partial charge in [-0.05, 0) is 25.1 Å². The number of esters is 1. The molecule has 0 aliphatic heterocycles. The second kappa shape index (κ2) is 9.73. The van der Waals surface area contributed by atoms with Gasteiger partial charge in [0.05, 0.1) is 19.2 Å². The molecule has 27 heavy (non-hydrogen) atoms. The fraction of sp³-hybridized carbons (Fsp3) is 0.250. The maximum Gasteiger partial charge on any atom is 0.307 e. The largest absolute Gasteiger partial charge is 0.495 e. The molecule has 0 heterocycles. The Balaban J connectivity index is 1.86. The fourth-order valence-electron chi connectivity index (χ4n) is 2.31. The van der Waals surface area contributed by atoms with Gasteiger partial charge in [0.1, 0.15) is 5.75 Å². The average molecular weight is 390 g/mol.